The number of carbonyl (C=O) groups excluding carboxylic acids is 6. The minimum absolute atomic E-state index is 0.00341. The van der Waals surface area contributed by atoms with Crippen molar-refractivity contribution in [1.29, 1.82) is 0 Å². The number of amides is 1. The third-order valence-corrected chi connectivity index (χ3v) is 20.9. The van der Waals surface area contributed by atoms with Crippen LogP contribution in [0.3, 0.4) is 0 Å². The molecule has 0 bridgehead atoms. The number of fused-ring (bicyclic) bond motifs is 12. The molecule has 6 fully saturated rings. The van der Waals surface area contributed by atoms with Crippen LogP contribution in [-0.2, 0) is 69.8 Å². The number of hydrogen-bond donors (Lipinski definition) is 8. The summed E-state index contributed by atoms with van der Waals surface area (Å²) in [6, 6.07) is 8.66. The summed E-state index contributed by atoms with van der Waals surface area (Å²) in [6.45, 7) is 11.5. The average Bonchev–Trinajstić information content (AvgIpc) is 1.61. The highest BCUT2D eigenvalue weighted by Gasteiger charge is 2.58. The van der Waals surface area contributed by atoms with Gasteiger partial charge in [-0.3, -0.25) is 38.6 Å². The number of hydrazone groups is 1. The number of ether oxygens (including phenoxy) is 12. The second kappa shape index (κ2) is 26.8. The van der Waals surface area contributed by atoms with Crippen LogP contribution < -0.4 is 14.9 Å². The number of carbonyl (C=O) groups is 6. The van der Waals surface area contributed by atoms with Crippen molar-refractivity contribution in [3.8, 4) is 34.5 Å². The molecule has 6 heterocycles. The number of aromatic hydroxyl groups is 4. The van der Waals surface area contributed by atoms with Gasteiger partial charge >= 0.3 is 0 Å². The van der Waals surface area contributed by atoms with Crippen LogP contribution >= 0.6 is 0 Å². The number of morpholine rings is 2. The first-order valence-electron chi connectivity index (χ1n) is 33.2. The monoisotopic (exact) mass is 1380 g/mol. The SMILES string of the molecule is COc1cccc2c1C(=O)c1c(O)c3c(c(O)c1C2=O)C[C@@](O)(/C(CO)=N/NC(=O)C(C)C)C[C@@H]3O[C@H]1C[C@H]2[C@H](O[C@@H]3[C@@H](OC)OCCN32)[C@H](C)O1.COc1cccc2c1C(=O)c1c(O)c3c(c(O)c1C2=O)C[C@@](O)(C(=O)C(C)C)C[C@@H]3O[C@H]1CC2[C@H](O[C@@H]3[C@@H](OC)OCCN23)[C@H](C)O1. The lowest BCUT2D eigenvalue weighted by Gasteiger charge is -2.44. The Hall–Kier alpha value is -7.43. The van der Waals surface area contributed by atoms with E-state index in [1.54, 1.807) is 48.0 Å². The lowest BCUT2D eigenvalue weighted by atomic mass is 9.70. The smallest absolute Gasteiger partial charge is 0.242 e. The van der Waals surface area contributed by atoms with E-state index in [9.17, 15) is 64.5 Å². The highest BCUT2D eigenvalue weighted by atomic mass is 16.7. The Bertz CT molecular complexity index is 3990. The Balaban J connectivity index is 0.000000179. The van der Waals surface area contributed by atoms with Gasteiger partial charge in [-0.1, -0.05) is 52.0 Å². The number of benzene rings is 4. The van der Waals surface area contributed by atoms with Crippen molar-refractivity contribution in [2.75, 3.05) is 61.3 Å². The molecule has 4 aromatic carbocycles. The van der Waals surface area contributed by atoms with Crippen LogP contribution in [0.15, 0.2) is 41.5 Å². The summed E-state index contributed by atoms with van der Waals surface area (Å²) < 4.78 is 71.5. The molecule has 16 atom stereocenters. The van der Waals surface area contributed by atoms with E-state index in [1.807, 2.05) is 13.8 Å². The molecule has 99 heavy (non-hydrogen) atoms. The lowest BCUT2D eigenvalue weighted by Crippen LogP contribution is -2.55. The van der Waals surface area contributed by atoms with Gasteiger partial charge in [0.1, 0.15) is 57.9 Å². The van der Waals surface area contributed by atoms with Gasteiger partial charge in [0.25, 0.3) is 0 Å². The van der Waals surface area contributed by atoms with Crippen LogP contribution in [0.1, 0.15) is 165 Å². The number of phenols is 4. The van der Waals surface area contributed by atoms with Gasteiger partial charge in [-0.2, -0.15) is 5.10 Å². The number of aliphatic hydroxyl groups is 3. The van der Waals surface area contributed by atoms with Crippen molar-refractivity contribution >= 4 is 40.5 Å². The Labute approximate surface area is 568 Å². The summed E-state index contributed by atoms with van der Waals surface area (Å²) in [5.41, 5.74) is -3.91. The molecule has 29 heteroatoms. The topological polar surface area (TPSA) is 386 Å². The number of methoxy groups -OCH3 is 4. The highest BCUT2D eigenvalue weighted by Crippen LogP contribution is 2.56. The number of ketones is 5. The second-order valence-corrected chi connectivity index (χ2v) is 27.3. The summed E-state index contributed by atoms with van der Waals surface area (Å²) in [5, 5.41) is 85.9. The molecule has 0 saturated carbocycles. The number of Topliss-reactive ketones (excluding diaryl/α,β-unsaturated/α-hetero) is 1. The number of hydrogen-bond acceptors (Lipinski definition) is 28. The van der Waals surface area contributed by atoms with E-state index in [4.69, 9.17) is 56.8 Å². The molecule has 0 radical (unpaired) electrons. The Morgan fingerprint density at radius 1 is 0.596 bits per heavy atom. The van der Waals surface area contributed by atoms with E-state index in [2.05, 4.69) is 20.3 Å². The van der Waals surface area contributed by atoms with Crippen molar-refractivity contribution in [2.45, 2.75) is 178 Å². The number of nitrogens with one attached hydrogen (secondary N) is 1. The molecule has 6 saturated heterocycles. The highest BCUT2D eigenvalue weighted by molar-refractivity contribution is 6.32. The minimum atomic E-state index is -2.07. The molecule has 4 aromatic rings. The summed E-state index contributed by atoms with van der Waals surface area (Å²) in [6.07, 6.45) is -8.85. The zero-order valence-corrected chi connectivity index (χ0v) is 56.3. The van der Waals surface area contributed by atoms with Crippen LogP contribution in [0.2, 0.25) is 0 Å². The molecule has 29 nitrogen and oxygen atoms in total. The third-order valence-electron chi connectivity index (χ3n) is 20.9. The summed E-state index contributed by atoms with van der Waals surface area (Å²) in [7, 11) is 5.81. The van der Waals surface area contributed by atoms with Crippen molar-refractivity contribution in [3.63, 3.8) is 0 Å². The molecule has 10 aliphatic rings. The maximum absolute atomic E-state index is 14.1. The molecule has 8 N–H and O–H groups in total. The van der Waals surface area contributed by atoms with E-state index in [-0.39, 0.29) is 111 Å². The van der Waals surface area contributed by atoms with E-state index < -0.39 is 179 Å². The average molecular weight is 1380 g/mol. The first-order chi connectivity index (χ1) is 47.2. The normalized spacial score (nSPS) is 32.2. The van der Waals surface area contributed by atoms with Gasteiger partial charge in [-0.05, 0) is 26.0 Å². The number of rotatable bonds is 14. The van der Waals surface area contributed by atoms with Gasteiger partial charge in [-0.25, -0.2) is 5.43 Å². The fourth-order valence-corrected chi connectivity index (χ4v) is 16.1. The standard InChI is InChI=1S/C36H43N3O13.C34H39NO12/c1-15(2)33(45)38-37-22(14-40)36(46)12-18-25(31(44)27-26(29(18)42)28(41)17-7-6-8-20(47-4)24(17)30(27)43)21(13-36)51-23-11-19-32(16(3)50-23)52-34-35(48-5)49-10-9-39(19)34;1-14(2)31(40)34(41)12-17-23(29(39)25-24(27(17)37)26(36)16-7-6-8-19(42-4)22(16)28(25)38)20(13-34)46-21-11-18-30(15(3)45-21)47-32-33(43-5)44-10-9-35(18)32/h6-8,15-16,19,21,23,32,34-35,40,42,44,46H,9-14H2,1-5H3,(H,38,45);6-8,14-15,18,20-21,30,32-33,37,39,41H,9-13H2,1-5H3/b37-22+;/t16-,19-,21-,23-,32+,34+,35-,36-;15-,18?,20-,21-,30+,32+,33-,34-/m00/s1. The fraction of sp³-hybridized carbons (Fsp3) is 0.557. The molecule has 4 aliphatic carbocycles. The van der Waals surface area contributed by atoms with E-state index in [1.165, 1.54) is 44.6 Å². The molecule has 14 rings (SSSR count). The lowest BCUT2D eigenvalue weighted by molar-refractivity contribution is -0.256. The van der Waals surface area contributed by atoms with E-state index in [0.29, 0.717) is 32.7 Å². The van der Waals surface area contributed by atoms with Crippen LogP contribution in [0.4, 0.5) is 0 Å². The molecular weight excluding hydrogens is 1300 g/mol. The van der Waals surface area contributed by atoms with Crippen molar-refractivity contribution in [1.82, 2.24) is 15.2 Å². The minimum Gasteiger partial charge on any atom is -0.507 e. The third kappa shape index (κ3) is 11.6. The number of phenolic OH excluding ortho intramolecular Hbond substituents is 4. The maximum atomic E-state index is 14.1. The van der Waals surface area contributed by atoms with Gasteiger partial charge in [0, 0.05) is 123 Å². The Kier molecular flexibility index (Phi) is 19.0. The second-order valence-electron chi connectivity index (χ2n) is 27.3. The zero-order chi connectivity index (χ0) is 70.7. The van der Waals surface area contributed by atoms with Crippen LogP contribution in [0, 0.1) is 11.8 Å². The number of aliphatic hydroxyl groups excluding tert-OH is 1. The van der Waals surface area contributed by atoms with Gasteiger partial charge in [0.05, 0.1) is 97.5 Å². The van der Waals surface area contributed by atoms with Gasteiger partial charge < -0.3 is 92.6 Å². The summed E-state index contributed by atoms with van der Waals surface area (Å²) in [4.78, 5) is 85.9. The zero-order valence-electron chi connectivity index (χ0n) is 56.3. The van der Waals surface area contributed by atoms with E-state index in [0.717, 1.165) is 0 Å². The predicted molar refractivity (Wildman–Crippen MR) is 341 cm³/mol. The Morgan fingerprint density at radius 2 is 1.02 bits per heavy atom. The predicted octanol–water partition coefficient (Wildman–Crippen LogP) is 3.65. The first kappa shape index (κ1) is 70.0. The van der Waals surface area contributed by atoms with Crippen LogP contribution in [0.25, 0.3) is 0 Å². The quantitative estimate of drug-likeness (QED) is 0.0438. The largest absolute Gasteiger partial charge is 0.507 e. The molecule has 1 unspecified atom stereocenters. The maximum Gasteiger partial charge on any atom is 0.242 e. The summed E-state index contributed by atoms with van der Waals surface area (Å²) >= 11 is 0. The molecular formula is C70H82N4O25. The van der Waals surface area contributed by atoms with Crippen LogP contribution in [0.5, 0.6) is 34.5 Å². The first-order valence-corrected chi connectivity index (χ1v) is 33.2. The van der Waals surface area contributed by atoms with Gasteiger partial charge in [0.15, 0.2) is 55.0 Å². The summed E-state index contributed by atoms with van der Waals surface area (Å²) in [5.74, 6) is -7.04. The van der Waals surface area contributed by atoms with E-state index >= 15 is 0 Å². The Morgan fingerprint density at radius 3 is 1.42 bits per heavy atom. The molecule has 6 aliphatic heterocycles. The van der Waals surface area contributed by atoms with Crippen molar-refractivity contribution < 1.29 is 121 Å². The van der Waals surface area contributed by atoms with Gasteiger partial charge in [-0.15, -0.1) is 0 Å². The van der Waals surface area contributed by atoms with Crippen LogP contribution in [-0.4, -0.2) is 233 Å². The van der Waals surface area contributed by atoms with Gasteiger partial charge in [0.2, 0.25) is 17.5 Å². The number of nitrogens with zero attached hydrogens (tertiary/aromatic N) is 3. The molecule has 532 valence electrons. The molecule has 1 amide bonds. The molecule has 0 aromatic heterocycles. The van der Waals surface area contributed by atoms with Crippen molar-refractivity contribution in [2.24, 2.45) is 16.9 Å². The van der Waals surface area contributed by atoms with Crippen molar-refractivity contribution in [3.05, 3.63) is 103 Å². The fourth-order valence-electron chi connectivity index (χ4n) is 16.1. The molecule has 0 spiro atoms.